The van der Waals surface area contributed by atoms with Crippen molar-refractivity contribution in [1.29, 1.82) is 0 Å². The molecule has 0 aromatic heterocycles. The molecule has 0 atom stereocenters. The molecule has 0 fully saturated rings. The minimum Gasteiger partial charge on any atom is -0.497 e. The van der Waals surface area contributed by atoms with E-state index in [-0.39, 0.29) is 0 Å². The Balaban J connectivity index is 2.25. The van der Waals surface area contributed by atoms with Gasteiger partial charge in [0.25, 0.3) is 0 Å². The summed E-state index contributed by atoms with van der Waals surface area (Å²) in [6.07, 6.45) is 0. The topological polar surface area (TPSA) is 30.8 Å². The van der Waals surface area contributed by atoms with Crippen LogP contribution in [0.25, 0.3) is 0 Å². The first-order valence-electron chi connectivity index (χ1n) is 4.33. The van der Waals surface area contributed by atoms with Gasteiger partial charge in [0.1, 0.15) is 12.4 Å². The van der Waals surface area contributed by atoms with Crippen molar-refractivity contribution in [2.45, 2.75) is 0 Å². The Hall–Kier alpha value is -1.77. The van der Waals surface area contributed by atoms with Gasteiger partial charge in [-0.1, -0.05) is 6.58 Å². The smallest absolute Gasteiger partial charge is 0.221 e. The van der Waals surface area contributed by atoms with E-state index in [1.54, 1.807) is 7.11 Å². The lowest BCUT2D eigenvalue weighted by Crippen LogP contribution is -2.00. The van der Waals surface area contributed by atoms with Crippen molar-refractivity contribution in [2.75, 3.05) is 13.7 Å². The Morgan fingerprint density at radius 3 is 2.57 bits per heavy atom. The van der Waals surface area contributed by atoms with Crippen LogP contribution in [0.15, 0.2) is 41.5 Å². The highest BCUT2D eigenvalue weighted by Gasteiger charge is 2.12. The number of nitrogens with zero attached hydrogens (tertiary/aromatic N) is 1. The number of ether oxygens (including phenoxy) is 2. The van der Waals surface area contributed by atoms with Crippen molar-refractivity contribution < 1.29 is 9.47 Å². The minimum atomic E-state index is 0.487. The van der Waals surface area contributed by atoms with Crippen LogP contribution >= 0.6 is 0 Å². The molecule has 2 rings (SSSR count). The molecule has 0 saturated heterocycles. The Kier molecular flexibility index (Phi) is 2.23. The van der Waals surface area contributed by atoms with Crippen molar-refractivity contribution >= 4 is 5.90 Å². The molecule has 3 heteroatoms. The van der Waals surface area contributed by atoms with E-state index >= 15 is 0 Å². The third-order valence-electron chi connectivity index (χ3n) is 1.97. The Labute approximate surface area is 82.7 Å². The standard InChI is InChI=1S/C11H11NO2/c1-8-7-14-11(12-8)9-3-5-10(13-2)6-4-9/h3-6H,1,7H2,2H3. The van der Waals surface area contributed by atoms with Crippen LogP contribution in [0.2, 0.25) is 0 Å². The van der Waals surface area contributed by atoms with E-state index in [1.165, 1.54) is 0 Å². The zero-order chi connectivity index (χ0) is 9.97. The number of hydrogen-bond acceptors (Lipinski definition) is 3. The summed E-state index contributed by atoms with van der Waals surface area (Å²) in [6, 6.07) is 7.58. The van der Waals surface area contributed by atoms with Gasteiger partial charge in [0.15, 0.2) is 0 Å². The van der Waals surface area contributed by atoms with Gasteiger partial charge in [-0.15, -0.1) is 0 Å². The molecule has 3 nitrogen and oxygen atoms in total. The van der Waals surface area contributed by atoms with Gasteiger partial charge in [-0.3, -0.25) is 0 Å². The number of benzene rings is 1. The van der Waals surface area contributed by atoms with E-state index in [4.69, 9.17) is 9.47 Å². The van der Waals surface area contributed by atoms with Gasteiger partial charge in [0.2, 0.25) is 5.90 Å². The van der Waals surface area contributed by atoms with E-state index in [0.717, 1.165) is 17.0 Å². The molecule has 1 aliphatic rings. The largest absolute Gasteiger partial charge is 0.497 e. The van der Waals surface area contributed by atoms with Crippen LogP contribution in [0, 0.1) is 0 Å². The van der Waals surface area contributed by atoms with Gasteiger partial charge in [-0.25, -0.2) is 4.99 Å². The third-order valence-corrected chi connectivity index (χ3v) is 1.97. The zero-order valence-corrected chi connectivity index (χ0v) is 7.99. The molecule has 0 saturated carbocycles. The number of aliphatic imine (C=N–C) groups is 1. The van der Waals surface area contributed by atoms with Crippen LogP contribution in [-0.4, -0.2) is 19.6 Å². The van der Waals surface area contributed by atoms with Crippen molar-refractivity contribution in [2.24, 2.45) is 4.99 Å². The van der Waals surface area contributed by atoms with E-state index in [9.17, 15) is 0 Å². The molecular weight excluding hydrogens is 178 g/mol. The summed E-state index contributed by atoms with van der Waals surface area (Å²) in [6.45, 7) is 4.21. The van der Waals surface area contributed by atoms with E-state index in [0.29, 0.717) is 12.5 Å². The van der Waals surface area contributed by atoms with Crippen LogP contribution in [0.1, 0.15) is 5.56 Å². The summed E-state index contributed by atoms with van der Waals surface area (Å²) in [7, 11) is 1.64. The molecule has 14 heavy (non-hydrogen) atoms. The highest BCUT2D eigenvalue weighted by molar-refractivity contribution is 5.96. The molecule has 0 unspecified atom stereocenters. The maximum Gasteiger partial charge on any atom is 0.221 e. The highest BCUT2D eigenvalue weighted by Crippen LogP contribution is 2.16. The highest BCUT2D eigenvalue weighted by atomic mass is 16.5. The second kappa shape index (κ2) is 3.54. The average molecular weight is 189 g/mol. The minimum absolute atomic E-state index is 0.487. The van der Waals surface area contributed by atoms with Gasteiger partial charge in [-0.2, -0.15) is 0 Å². The van der Waals surface area contributed by atoms with Crippen molar-refractivity contribution in [3.05, 3.63) is 42.1 Å². The van der Waals surface area contributed by atoms with Gasteiger partial charge in [0, 0.05) is 5.56 Å². The van der Waals surface area contributed by atoms with Crippen molar-refractivity contribution in [3.63, 3.8) is 0 Å². The van der Waals surface area contributed by atoms with Crippen molar-refractivity contribution in [1.82, 2.24) is 0 Å². The molecule has 1 heterocycles. The van der Waals surface area contributed by atoms with Gasteiger partial charge in [0.05, 0.1) is 12.8 Å². The molecule has 0 amide bonds. The lowest BCUT2D eigenvalue weighted by Gasteiger charge is -2.02. The Bertz CT molecular complexity index is 379. The van der Waals surface area contributed by atoms with Gasteiger partial charge in [-0.05, 0) is 24.3 Å². The summed E-state index contributed by atoms with van der Waals surface area (Å²) >= 11 is 0. The van der Waals surface area contributed by atoms with E-state index < -0.39 is 0 Å². The fraction of sp³-hybridized carbons (Fsp3) is 0.182. The first kappa shape index (κ1) is 8.81. The maximum absolute atomic E-state index is 5.33. The monoisotopic (exact) mass is 189 g/mol. The van der Waals surface area contributed by atoms with E-state index in [1.807, 2.05) is 24.3 Å². The zero-order valence-electron chi connectivity index (χ0n) is 7.99. The number of rotatable bonds is 2. The average Bonchev–Trinajstić information content (AvgIpc) is 2.65. The van der Waals surface area contributed by atoms with Crippen molar-refractivity contribution in [3.8, 4) is 5.75 Å². The fourth-order valence-corrected chi connectivity index (χ4v) is 1.24. The summed E-state index contributed by atoms with van der Waals surface area (Å²) in [5, 5.41) is 0. The number of hydrogen-bond donors (Lipinski definition) is 0. The second-order valence-corrected chi connectivity index (χ2v) is 3.00. The van der Waals surface area contributed by atoms with Crippen LogP contribution < -0.4 is 4.74 Å². The van der Waals surface area contributed by atoms with Crippen LogP contribution in [0.3, 0.4) is 0 Å². The first-order chi connectivity index (χ1) is 6.79. The SMILES string of the molecule is C=C1COC(c2ccc(OC)cc2)=N1. The quantitative estimate of drug-likeness (QED) is 0.712. The van der Waals surface area contributed by atoms with Crippen LogP contribution in [0.4, 0.5) is 0 Å². The molecule has 0 spiro atoms. The molecule has 1 aliphatic heterocycles. The Morgan fingerprint density at radius 2 is 2.07 bits per heavy atom. The van der Waals surface area contributed by atoms with Gasteiger partial charge >= 0.3 is 0 Å². The molecule has 0 aliphatic carbocycles. The maximum atomic E-state index is 5.33. The summed E-state index contributed by atoms with van der Waals surface area (Å²) in [4.78, 5) is 4.17. The molecule has 0 radical (unpaired) electrons. The number of methoxy groups -OCH3 is 1. The second-order valence-electron chi connectivity index (χ2n) is 3.00. The normalized spacial score (nSPS) is 14.9. The third kappa shape index (κ3) is 1.62. The van der Waals surface area contributed by atoms with E-state index in [2.05, 4.69) is 11.6 Å². The molecule has 0 N–H and O–H groups in total. The molecular formula is C11H11NO2. The summed E-state index contributed by atoms with van der Waals surface area (Å²) in [5.74, 6) is 1.46. The van der Waals surface area contributed by atoms with Crippen LogP contribution in [0.5, 0.6) is 5.75 Å². The fourth-order valence-electron chi connectivity index (χ4n) is 1.24. The molecule has 1 aromatic rings. The lowest BCUT2D eigenvalue weighted by molar-refractivity contribution is 0.364. The first-order valence-corrected chi connectivity index (χ1v) is 4.33. The molecule has 0 bridgehead atoms. The summed E-state index contributed by atoms with van der Waals surface area (Å²) < 4.78 is 10.4. The predicted octanol–water partition coefficient (Wildman–Crippen LogP) is 1.99. The van der Waals surface area contributed by atoms with Gasteiger partial charge < -0.3 is 9.47 Å². The molecule has 1 aromatic carbocycles. The summed E-state index contributed by atoms with van der Waals surface area (Å²) in [5.41, 5.74) is 1.71. The Morgan fingerprint density at radius 1 is 1.36 bits per heavy atom. The lowest BCUT2D eigenvalue weighted by atomic mass is 10.2. The molecule has 72 valence electrons. The predicted molar refractivity (Wildman–Crippen MR) is 54.6 cm³/mol. The van der Waals surface area contributed by atoms with Crippen LogP contribution in [-0.2, 0) is 4.74 Å².